The van der Waals surface area contributed by atoms with Gasteiger partial charge in [-0.15, -0.1) is 48.1 Å². The number of benzene rings is 7. The zero-order valence-corrected chi connectivity index (χ0v) is 34.0. The molecule has 0 saturated carbocycles. The topological polar surface area (TPSA) is 33.5 Å². The van der Waals surface area contributed by atoms with Gasteiger partial charge in [-0.05, 0) is 57.8 Å². The summed E-state index contributed by atoms with van der Waals surface area (Å²) in [6.07, 6.45) is 1.69. The molecule has 0 atom stereocenters. The van der Waals surface area contributed by atoms with Crippen molar-refractivity contribution < 1.29 is 36.8 Å². The van der Waals surface area contributed by atoms with Gasteiger partial charge in [0.1, 0.15) is 5.82 Å². The van der Waals surface area contributed by atoms with Crippen molar-refractivity contribution in [3.05, 3.63) is 200 Å². The van der Waals surface area contributed by atoms with E-state index >= 15 is 0 Å². The van der Waals surface area contributed by atoms with Crippen LogP contribution in [0, 0.1) is 18.8 Å². The zero-order chi connectivity index (χ0) is 45.5. The first-order valence-electron chi connectivity index (χ1n) is 22.6. The summed E-state index contributed by atoms with van der Waals surface area (Å²) in [7, 11) is 0. The summed E-state index contributed by atoms with van der Waals surface area (Å²) in [5.74, 6) is 0.928. The van der Waals surface area contributed by atoms with Crippen molar-refractivity contribution in [2.75, 3.05) is 9.80 Å². The van der Waals surface area contributed by atoms with E-state index in [0.29, 0.717) is 44.6 Å². The summed E-state index contributed by atoms with van der Waals surface area (Å²) < 4.78 is 79.6. The SMILES string of the molecule is [2H]c1cc(Oc2[c-]c3c(cc2)c2c([2H])c([2H])c([2H])c([2H])c2n3-c2cc(C(C)(C)C)ccn2)[c-]c(N2[CH-]N(c3c(-c4ccccc4)c([2H])c([2H])c([2H])c3-c3ccccc3)c3ccccc32)c1.[Pt]. The summed E-state index contributed by atoms with van der Waals surface area (Å²) in [5, 5.41) is 0.879. The van der Waals surface area contributed by atoms with Crippen LogP contribution in [0.15, 0.2) is 176 Å². The van der Waals surface area contributed by atoms with Gasteiger partial charge in [0.2, 0.25) is 0 Å². The van der Waals surface area contributed by atoms with E-state index in [1.807, 2.05) is 114 Å². The monoisotopic (exact) mass is 938 g/mol. The molecule has 0 amide bonds. The van der Waals surface area contributed by atoms with E-state index in [-0.39, 0.29) is 91.8 Å². The third kappa shape index (κ3) is 6.66. The molecule has 9 aromatic rings. The fourth-order valence-electron chi connectivity index (χ4n) is 7.37. The first-order chi connectivity index (χ1) is 31.2. The van der Waals surface area contributed by atoms with Gasteiger partial charge < -0.3 is 19.1 Å². The number of fused-ring (bicyclic) bond motifs is 4. The van der Waals surface area contributed by atoms with Crippen molar-refractivity contribution >= 4 is 44.6 Å². The summed E-state index contributed by atoms with van der Waals surface area (Å²) in [6, 6.07) is 42.6. The minimum absolute atomic E-state index is 0. The first-order valence-corrected chi connectivity index (χ1v) is 18.6. The van der Waals surface area contributed by atoms with E-state index in [9.17, 15) is 2.74 Å². The molecule has 0 bridgehead atoms. The Morgan fingerprint density at radius 2 is 1.29 bits per heavy atom. The quantitative estimate of drug-likeness (QED) is 0.149. The predicted molar refractivity (Wildman–Crippen MR) is 234 cm³/mol. The van der Waals surface area contributed by atoms with Gasteiger partial charge in [-0.3, -0.25) is 0 Å². The van der Waals surface area contributed by atoms with Gasteiger partial charge in [0, 0.05) is 73.8 Å². The second-order valence-corrected chi connectivity index (χ2v) is 14.8. The van der Waals surface area contributed by atoms with Crippen molar-refractivity contribution in [3.8, 4) is 39.6 Å². The molecule has 1 aliphatic heterocycles. The van der Waals surface area contributed by atoms with Crippen molar-refractivity contribution in [3.63, 3.8) is 0 Å². The van der Waals surface area contributed by atoms with Gasteiger partial charge in [0.15, 0.2) is 0 Å². The van der Waals surface area contributed by atoms with Crippen LogP contribution >= 0.6 is 0 Å². The third-order valence-electron chi connectivity index (χ3n) is 10.1. The minimum Gasteiger partial charge on any atom is -0.509 e. The molecule has 2 aromatic heterocycles. The molecule has 0 spiro atoms. The molecule has 1 aliphatic rings. The molecule has 0 saturated heterocycles. The molecule has 0 N–H and O–H groups in total. The third-order valence-corrected chi connectivity index (χ3v) is 10.1. The molecular formula is C52H39N4OPt-3. The summed E-state index contributed by atoms with van der Waals surface area (Å²) in [4.78, 5) is 8.50. The fraction of sp³-hybridized carbons (Fsp3) is 0.0769. The number of nitrogens with zero attached hydrogens (tertiary/aromatic N) is 4. The van der Waals surface area contributed by atoms with Gasteiger partial charge in [-0.1, -0.05) is 135 Å². The normalized spacial score (nSPS) is 14.4. The number of hydrogen-bond acceptors (Lipinski definition) is 4. The molecule has 7 aromatic carbocycles. The Morgan fingerprint density at radius 1 is 0.638 bits per heavy atom. The maximum absolute atomic E-state index is 9.26. The van der Waals surface area contributed by atoms with Crippen LogP contribution in [0.5, 0.6) is 11.5 Å². The second-order valence-electron chi connectivity index (χ2n) is 14.8. The fourth-order valence-corrected chi connectivity index (χ4v) is 7.37. The van der Waals surface area contributed by atoms with Crippen LogP contribution in [0.1, 0.15) is 37.3 Å². The largest absolute Gasteiger partial charge is 0.509 e. The van der Waals surface area contributed by atoms with Crippen LogP contribution in [0.2, 0.25) is 0 Å². The van der Waals surface area contributed by atoms with E-state index in [0.717, 1.165) is 28.1 Å². The average molecular weight is 939 g/mol. The summed E-state index contributed by atoms with van der Waals surface area (Å²) >= 11 is 0. The Balaban J connectivity index is 0.00000548. The number of pyridine rings is 1. The Morgan fingerprint density at radius 3 is 2.00 bits per heavy atom. The number of ether oxygens (including phenoxy) is 1. The Kier molecular flexibility index (Phi) is 7.55. The van der Waals surface area contributed by atoms with Gasteiger partial charge in [0.25, 0.3) is 0 Å². The van der Waals surface area contributed by atoms with Crippen LogP contribution < -0.4 is 14.5 Å². The molecule has 3 heterocycles. The van der Waals surface area contributed by atoms with Crippen molar-refractivity contribution in [2.45, 2.75) is 26.2 Å². The van der Waals surface area contributed by atoms with Crippen molar-refractivity contribution in [2.24, 2.45) is 0 Å². The zero-order valence-electron chi connectivity index (χ0n) is 39.7. The Labute approximate surface area is 365 Å². The second kappa shape index (κ2) is 15.2. The number of para-hydroxylation sites is 4. The number of rotatable bonds is 7. The van der Waals surface area contributed by atoms with Gasteiger partial charge in [0.05, 0.1) is 9.60 Å². The Bertz CT molecular complexity index is 3310. The van der Waals surface area contributed by atoms with Crippen molar-refractivity contribution in [1.29, 1.82) is 0 Å². The molecule has 5 nitrogen and oxygen atoms in total. The molecular weight excluding hydrogens is 892 g/mol. The van der Waals surface area contributed by atoms with Gasteiger partial charge in [-0.2, -0.15) is 12.1 Å². The molecule has 0 aliphatic carbocycles. The van der Waals surface area contributed by atoms with Crippen LogP contribution in [-0.4, -0.2) is 9.55 Å². The first kappa shape index (κ1) is 28.9. The van der Waals surface area contributed by atoms with E-state index in [4.69, 9.17) is 13.0 Å². The van der Waals surface area contributed by atoms with Gasteiger partial charge >= 0.3 is 0 Å². The van der Waals surface area contributed by atoms with Crippen LogP contribution in [-0.2, 0) is 26.5 Å². The van der Waals surface area contributed by atoms with E-state index < -0.39 is 0 Å². The van der Waals surface area contributed by atoms with Crippen LogP contribution in [0.25, 0.3) is 49.9 Å². The molecule has 6 heteroatoms. The number of aromatic nitrogens is 2. The Hall–Kier alpha value is -6.42. The smallest absolute Gasteiger partial charge is 0.135 e. The van der Waals surface area contributed by atoms with E-state index in [1.54, 1.807) is 35.0 Å². The van der Waals surface area contributed by atoms with Crippen LogP contribution in [0.3, 0.4) is 0 Å². The maximum Gasteiger partial charge on any atom is 0.135 e. The average Bonchev–Trinajstić information content (AvgIpc) is 3.86. The number of anilines is 4. The van der Waals surface area contributed by atoms with Gasteiger partial charge in [-0.25, -0.2) is 4.98 Å². The van der Waals surface area contributed by atoms with Crippen molar-refractivity contribution in [1.82, 2.24) is 9.55 Å². The number of hydrogen-bond donors (Lipinski definition) is 0. The van der Waals surface area contributed by atoms with E-state index in [1.165, 1.54) is 0 Å². The predicted octanol–water partition coefficient (Wildman–Crippen LogP) is 13.6. The van der Waals surface area contributed by atoms with E-state index in [2.05, 4.69) is 37.9 Å². The standard InChI is InChI=1S/C52H39N4O.Pt/c1-52(2,3)38-30-31-53-50(32-38)56-46-25-11-10-22-44(46)45-29-28-41(34-49(45)56)57-40-21-14-20-39(33-40)54-35-55(48-27-13-12-26-47(48)54)51-42(36-16-6-4-7-17-36)23-15-24-43(51)37-18-8-5-9-19-37;/h4-32,35H,1-3H3;/q-3;/i10D,11D,14D,15D,22D,23D,24D,25D;. The summed E-state index contributed by atoms with van der Waals surface area (Å²) in [5.41, 5.74) is 6.42. The maximum atomic E-state index is 9.26. The molecule has 286 valence electrons. The molecule has 10 rings (SSSR count). The molecule has 0 unspecified atom stereocenters. The molecule has 0 fully saturated rings. The van der Waals surface area contributed by atoms with Crippen LogP contribution in [0.4, 0.5) is 22.7 Å². The molecule has 58 heavy (non-hydrogen) atoms. The minimum atomic E-state index is -0.357. The summed E-state index contributed by atoms with van der Waals surface area (Å²) in [6.45, 7) is 8.11. The molecule has 0 radical (unpaired) electrons.